The van der Waals surface area contributed by atoms with Gasteiger partial charge in [-0.1, -0.05) is 24.3 Å². The largest absolute Gasteiger partial charge is 0.497 e. The molecule has 3 N–H and O–H groups in total. The molecule has 0 aromatic heterocycles. The van der Waals surface area contributed by atoms with E-state index >= 15 is 0 Å². The Kier molecular flexibility index (Phi) is 7.34. The summed E-state index contributed by atoms with van der Waals surface area (Å²) in [5, 5.41) is 6.44. The minimum atomic E-state index is -3.71. The van der Waals surface area contributed by atoms with Crippen LogP contribution in [0.5, 0.6) is 11.5 Å². The third-order valence-electron chi connectivity index (χ3n) is 5.23. The molecule has 8 nitrogen and oxygen atoms in total. The van der Waals surface area contributed by atoms with Gasteiger partial charge in [-0.05, 0) is 73.0 Å². The zero-order valence-corrected chi connectivity index (χ0v) is 19.9. The number of ether oxygens (including phenoxy) is 2. The summed E-state index contributed by atoms with van der Waals surface area (Å²) in [6.45, 7) is 3.32. The molecule has 34 heavy (non-hydrogen) atoms. The van der Waals surface area contributed by atoms with E-state index in [0.717, 1.165) is 36.7 Å². The van der Waals surface area contributed by atoms with Gasteiger partial charge in [0.15, 0.2) is 12.2 Å². The van der Waals surface area contributed by atoms with Crippen molar-refractivity contribution in [1.82, 2.24) is 10.0 Å². The van der Waals surface area contributed by atoms with Crippen LogP contribution >= 0.6 is 0 Å². The highest BCUT2D eigenvalue weighted by Crippen LogP contribution is 2.19. The van der Waals surface area contributed by atoms with Crippen LogP contribution in [-0.4, -0.2) is 40.8 Å². The summed E-state index contributed by atoms with van der Waals surface area (Å²) in [7, 11) is -2.18. The van der Waals surface area contributed by atoms with E-state index in [1.807, 2.05) is 36.4 Å². The van der Waals surface area contributed by atoms with Crippen molar-refractivity contribution in [1.29, 1.82) is 0 Å². The van der Waals surface area contributed by atoms with Crippen molar-refractivity contribution in [2.75, 3.05) is 25.5 Å². The first-order chi connectivity index (χ1) is 16.4. The van der Waals surface area contributed by atoms with Crippen molar-refractivity contribution in [2.24, 2.45) is 4.99 Å². The SMILES string of the molecule is COc1ccc(S(=O)(=O)NC(C)Oc2ccc(Cc3ccc(NC4=NCCN4)cc3)cc2)cc1. The van der Waals surface area contributed by atoms with Gasteiger partial charge in [-0.2, -0.15) is 4.72 Å². The molecule has 3 aromatic rings. The highest BCUT2D eigenvalue weighted by atomic mass is 32.2. The number of aliphatic imine (C=N–C) groups is 1. The molecule has 0 aliphatic carbocycles. The maximum atomic E-state index is 12.6. The van der Waals surface area contributed by atoms with Crippen molar-refractivity contribution in [2.45, 2.75) is 24.5 Å². The first-order valence-corrected chi connectivity index (χ1v) is 12.5. The van der Waals surface area contributed by atoms with Crippen LogP contribution in [0.3, 0.4) is 0 Å². The van der Waals surface area contributed by atoms with Crippen LogP contribution in [-0.2, 0) is 16.4 Å². The van der Waals surface area contributed by atoms with Gasteiger partial charge in [0.2, 0.25) is 10.0 Å². The van der Waals surface area contributed by atoms with E-state index in [0.29, 0.717) is 11.5 Å². The van der Waals surface area contributed by atoms with Crippen molar-refractivity contribution in [3.8, 4) is 11.5 Å². The Morgan fingerprint density at radius 3 is 2.15 bits per heavy atom. The lowest BCUT2D eigenvalue weighted by Crippen LogP contribution is -2.36. The number of methoxy groups -OCH3 is 1. The maximum Gasteiger partial charge on any atom is 0.243 e. The Morgan fingerprint density at radius 2 is 1.56 bits per heavy atom. The fourth-order valence-electron chi connectivity index (χ4n) is 3.52. The van der Waals surface area contributed by atoms with E-state index in [-0.39, 0.29) is 4.90 Å². The molecule has 178 valence electrons. The number of hydrogen-bond donors (Lipinski definition) is 3. The summed E-state index contributed by atoms with van der Waals surface area (Å²) < 4.78 is 38.5. The van der Waals surface area contributed by atoms with Crippen LogP contribution < -0.4 is 24.8 Å². The molecule has 0 saturated heterocycles. The van der Waals surface area contributed by atoms with Gasteiger partial charge in [-0.25, -0.2) is 8.42 Å². The summed E-state index contributed by atoms with van der Waals surface area (Å²) in [5.41, 5.74) is 3.30. The van der Waals surface area contributed by atoms with Crippen LogP contribution in [0.15, 0.2) is 82.7 Å². The minimum absolute atomic E-state index is 0.146. The van der Waals surface area contributed by atoms with Gasteiger partial charge in [0.05, 0.1) is 18.6 Å². The fourth-order valence-corrected chi connectivity index (χ4v) is 4.63. The summed E-state index contributed by atoms with van der Waals surface area (Å²) in [5.74, 6) is 1.98. The molecule has 0 spiro atoms. The van der Waals surface area contributed by atoms with Crippen LogP contribution in [0.2, 0.25) is 0 Å². The highest BCUT2D eigenvalue weighted by molar-refractivity contribution is 7.89. The Labute approximate surface area is 200 Å². The molecular formula is C25H28N4O4S. The molecule has 0 radical (unpaired) electrons. The molecule has 1 aliphatic rings. The molecule has 1 unspecified atom stereocenters. The average molecular weight is 481 g/mol. The number of sulfonamides is 1. The molecule has 3 aromatic carbocycles. The molecule has 0 saturated carbocycles. The standard InChI is InChI=1S/C25H28N4O4S/c1-18(29-34(30,31)24-13-11-22(32-2)12-14-24)33-23-9-5-20(6-10-23)17-19-3-7-21(8-4-19)28-25-26-15-16-27-25/h3-14,18,29H,15-17H2,1-2H3,(H2,26,27,28). The van der Waals surface area contributed by atoms with E-state index in [1.54, 1.807) is 19.1 Å². The van der Waals surface area contributed by atoms with Crippen molar-refractivity contribution in [3.05, 3.63) is 83.9 Å². The molecule has 0 fully saturated rings. The number of nitrogens with one attached hydrogen (secondary N) is 3. The fraction of sp³-hybridized carbons (Fsp3) is 0.240. The summed E-state index contributed by atoms with van der Waals surface area (Å²) in [4.78, 5) is 4.48. The number of anilines is 1. The predicted molar refractivity (Wildman–Crippen MR) is 133 cm³/mol. The smallest absolute Gasteiger partial charge is 0.243 e. The zero-order valence-electron chi connectivity index (χ0n) is 19.1. The topological polar surface area (TPSA) is 101 Å². The summed E-state index contributed by atoms with van der Waals surface area (Å²) in [6.07, 6.45) is 0.0383. The van der Waals surface area contributed by atoms with E-state index in [1.165, 1.54) is 24.8 Å². The van der Waals surface area contributed by atoms with Crippen LogP contribution in [0, 0.1) is 0 Å². The minimum Gasteiger partial charge on any atom is -0.497 e. The third kappa shape index (κ3) is 6.27. The van der Waals surface area contributed by atoms with Crippen LogP contribution in [0.1, 0.15) is 18.1 Å². The van der Waals surface area contributed by atoms with Gasteiger partial charge in [0.25, 0.3) is 0 Å². The monoisotopic (exact) mass is 480 g/mol. The third-order valence-corrected chi connectivity index (χ3v) is 6.76. The van der Waals surface area contributed by atoms with Crippen molar-refractivity contribution < 1.29 is 17.9 Å². The molecule has 1 atom stereocenters. The van der Waals surface area contributed by atoms with Gasteiger partial charge in [-0.15, -0.1) is 0 Å². The molecule has 9 heteroatoms. The molecule has 0 bridgehead atoms. The number of benzene rings is 3. The normalized spacial score (nSPS) is 14.1. The number of hydrogen-bond acceptors (Lipinski definition) is 7. The Hall–Kier alpha value is -3.56. The average Bonchev–Trinajstić information content (AvgIpc) is 3.34. The molecule has 1 aliphatic heterocycles. The maximum absolute atomic E-state index is 12.6. The predicted octanol–water partition coefficient (Wildman–Crippen LogP) is 3.36. The second kappa shape index (κ2) is 10.6. The van der Waals surface area contributed by atoms with Crippen molar-refractivity contribution in [3.63, 3.8) is 0 Å². The Morgan fingerprint density at radius 1 is 0.941 bits per heavy atom. The van der Waals surface area contributed by atoms with Gasteiger partial charge in [0, 0.05) is 12.2 Å². The number of rotatable bonds is 9. The molecular weight excluding hydrogens is 452 g/mol. The van der Waals surface area contributed by atoms with Gasteiger partial charge in [0.1, 0.15) is 11.5 Å². The molecule has 4 rings (SSSR count). The zero-order chi connectivity index (χ0) is 24.0. The first-order valence-electron chi connectivity index (χ1n) is 11.0. The highest BCUT2D eigenvalue weighted by Gasteiger charge is 2.18. The lowest BCUT2D eigenvalue weighted by Gasteiger charge is -2.17. The molecule has 1 heterocycles. The summed E-state index contributed by atoms with van der Waals surface area (Å²) in [6, 6.07) is 22.0. The van der Waals surface area contributed by atoms with Crippen LogP contribution in [0.4, 0.5) is 5.69 Å². The van der Waals surface area contributed by atoms with E-state index in [9.17, 15) is 8.42 Å². The number of nitrogens with zero attached hydrogens (tertiary/aromatic N) is 1. The van der Waals surface area contributed by atoms with Gasteiger partial charge in [-0.3, -0.25) is 4.99 Å². The Balaban J connectivity index is 1.30. The number of guanidine groups is 1. The molecule has 0 amide bonds. The van der Waals surface area contributed by atoms with Crippen molar-refractivity contribution >= 4 is 21.7 Å². The lowest BCUT2D eigenvalue weighted by atomic mass is 10.0. The Bertz CT molecular complexity index is 1230. The quantitative estimate of drug-likeness (QED) is 0.406. The van der Waals surface area contributed by atoms with Crippen LogP contribution in [0.25, 0.3) is 0 Å². The first kappa shape index (κ1) is 23.6. The summed E-state index contributed by atoms with van der Waals surface area (Å²) >= 11 is 0. The van der Waals surface area contributed by atoms with Gasteiger partial charge >= 0.3 is 0 Å². The van der Waals surface area contributed by atoms with Gasteiger partial charge < -0.3 is 20.1 Å². The van der Waals surface area contributed by atoms with E-state index in [2.05, 4.69) is 32.5 Å². The lowest BCUT2D eigenvalue weighted by molar-refractivity contribution is 0.210. The van der Waals surface area contributed by atoms with E-state index < -0.39 is 16.3 Å². The van der Waals surface area contributed by atoms with E-state index in [4.69, 9.17) is 9.47 Å². The second-order valence-corrected chi connectivity index (χ2v) is 9.57. The second-order valence-electron chi connectivity index (χ2n) is 7.86.